The molecule has 0 saturated heterocycles. The molecule has 0 unspecified atom stereocenters. The van der Waals surface area contributed by atoms with E-state index in [1.54, 1.807) is 6.07 Å². The van der Waals surface area contributed by atoms with Gasteiger partial charge in [-0.15, -0.1) is 0 Å². The highest BCUT2D eigenvalue weighted by atomic mass is 16.4. The fraction of sp³-hybridized carbons (Fsp3) is 0.524. The van der Waals surface area contributed by atoms with Crippen molar-refractivity contribution in [2.24, 2.45) is 0 Å². The van der Waals surface area contributed by atoms with E-state index in [4.69, 9.17) is 4.42 Å². The molecule has 0 spiro atoms. The number of amides is 1. The minimum Gasteiger partial charge on any atom is -0.423 e. The summed E-state index contributed by atoms with van der Waals surface area (Å²) in [4.78, 5) is 26.3. The number of aryl methyl sites for hydroxylation is 2. The molecule has 0 saturated carbocycles. The number of fused-ring (bicyclic) bond motifs is 2. The Kier molecular flexibility index (Phi) is 5.19. The lowest BCUT2D eigenvalue weighted by Gasteiger charge is -2.25. The van der Waals surface area contributed by atoms with E-state index in [-0.39, 0.29) is 17.1 Å². The molecular formula is C21H28N2O3. The number of benzene rings is 1. The van der Waals surface area contributed by atoms with Crippen molar-refractivity contribution in [3.05, 3.63) is 45.3 Å². The summed E-state index contributed by atoms with van der Waals surface area (Å²) in [5, 5.41) is 3.98. The average molecular weight is 356 g/mol. The van der Waals surface area contributed by atoms with Gasteiger partial charge in [-0.25, -0.2) is 4.79 Å². The largest absolute Gasteiger partial charge is 0.423 e. The lowest BCUT2D eigenvalue weighted by molar-refractivity contribution is -0.123. The topological polar surface area (TPSA) is 62.6 Å². The Morgan fingerprint density at radius 1 is 1.19 bits per heavy atom. The predicted octanol–water partition coefficient (Wildman–Crippen LogP) is 3.02. The summed E-state index contributed by atoms with van der Waals surface area (Å²) in [6.45, 7) is 9.52. The number of carbonyl (C=O) groups excluding carboxylic acids is 1. The molecule has 1 heterocycles. The Balaban J connectivity index is 1.87. The maximum Gasteiger partial charge on any atom is 0.336 e. The Labute approximate surface area is 154 Å². The minimum absolute atomic E-state index is 0.00693. The van der Waals surface area contributed by atoms with Gasteiger partial charge in [0, 0.05) is 23.5 Å². The minimum atomic E-state index is -0.333. The fourth-order valence-electron chi connectivity index (χ4n) is 3.61. The maximum atomic E-state index is 12.3. The van der Waals surface area contributed by atoms with E-state index in [1.165, 1.54) is 11.1 Å². The van der Waals surface area contributed by atoms with Gasteiger partial charge in [0.1, 0.15) is 5.58 Å². The third-order valence-corrected chi connectivity index (χ3v) is 4.77. The summed E-state index contributed by atoms with van der Waals surface area (Å²) < 4.78 is 5.44. The molecule has 1 N–H and O–H groups in total. The Hall–Kier alpha value is -2.14. The van der Waals surface area contributed by atoms with Gasteiger partial charge in [-0.2, -0.15) is 0 Å². The van der Waals surface area contributed by atoms with Gasteiger partial charge >= 0.3 is 5.63 Å². The zero-order valence-corrected chi connectivity index (χ0v) is 16.1. The lowest BCUT2D eigenvalue weighted by Crippen LogP contribution is -2.45. The normalized spacial score (nSPS) is 14.0. The summed E-state index contributed by atoms with van der Waals surface area (Å²) in [6.07, 6.45) is 3.28. The van der Waals surface area contributed by atoms with Crippen LogP contribution >= 0.6 is 0 Å². The zero-order chi connectivity index (χ0) is 18.9. The predicted molar refractivity (Wildman–Crippen MR) is 103 cm³/mol. The van der Waals surface area contributed by atoms with Gasteiger partial charge in [-0.1, -0.05) is 6.92 Å². The van der Waals surface area contributed by atoms with Crippen molar-refractivity contribution in [2.45, 2.75) is 59.0 Å². The van der Waals surface area contributed by atoms with Crippen molar-refractivity contribution in [2.75, 3.05) is 13.1 Å². The molecule has 0 radical (unpaired) electrons. The molecule has 0 fully saturated rings. The van der Waals surface area contributed by atoms with E-state index in [1.807, 2.05) is 38.7 Å². The van der Waals surface area contributed by atoms with Crippen LogP contribution in [0, 0.1) is 0 Å². The van der Waals surface area contributed by atoms with E-state index in [2.05, 4.69) is 11.4 Å². The summed E-state index contributed by atoms with van der Waals surface area (Å²) in [5.74, 6) is -0.00693. The van der Waals surface area contributed by atoms with Gasteiger partial charge in [-0.05, 0) is 75.4 Å². The van der Waals surface area contributed by atoms with Crippen LogP contribution in [0.25, 0.3) is 11.0 Å². The van der Waals surface area contributed by atoms with Crippen molar-refractivity contribution < 1.29 is 9.21 Å². The molecule has 3 rings (SSSR count). The molecule has 26 heavy (non-hydrogen) atoms. The SMILES string of the molecule is CCN(CC(=O)NC(C)(C)C)Cc1cc(=O)oc2cc3c(cc12)CCC3. The van der Waals surface area contributed by atoms with Crippen molar-refractivity contribution in [1.29, 1.82) is 0 Å². The molecule has 1 amide bonds. The first kappa shape index (κ1) is 18.6. The molecule has 1 aliphatic rings. The van der Waals surface area contributed by atoms with Gasteiger partial charge in [0.15, 0.2) is 0 Å². The summed E-state index contributed by atoms with van der Waals surface area (Å²) in [7, 11) is 0. The van der Waals surface area contributed by atoms with Crippen LogP contribution in [0.4, 0.5) is 0 Å². The third-order valence-electron chi connectivity index (χ3n) is 4.77. The number of nitrogens with zero attached hydrogens (tertiary/aromatic N) is 1. The smallest absolute Gasteiger partial charge is 0.336 e. The monoisotopic (exact) mass is 356 g/mol. The Bertz CT molecular complexity index is 877. The van der Waals surface area contributed by atoms with Crippen LogP contribution in [0.15, 0.2) is 27.4 Å². The zero-order valence-electron chi connectivity index (χ0n) is 16.1. The molecule has 0 aliphatic heterocycles. The summed E-state index contributed by atoms with van der Waals surface area (Å²) in [6, 6.07) is 5.75. The van der Waals surface area contributed by atoms with E-state index in [9.17, 15) is 9.59 Å². The number of nitrogens with one attached hydrogen (secondary N) is 1. The van der Waals surface area contributed by atoms with E-state index in [0.717, 1.165) is 36.8 Å². The Morgan fingerprint density at radius 3 is 2.54 bits per heavy atom. The standard InChI is InChI=1S/C21H28N2O3/c1-5-23(13-19(24)22-21(2,3)4)12-16-11-20(25)26-18-10-15-8-6-7-14(15)9-17(16)18/h9-11H,5-8,12-13H2,1-4H3,(H,22,24). The molecule has 2 aromatic rings. The van der Waals surface area contributed by atoms with Gasteiger partial charge in [0.05, 0.1) is 6.54 Å². The van der Waals surface area contributed by atoms with Crippen LogP contribution in [-0.4, -0.2) is 29.4 Å². The van der Waals surface area contributed by atoms with Crippen molar-refractivity contribution in [3.8, 4) is 0 Å². The number of hydrogen-bond donors (Lipinski definition) is 1. The summed E-state index contributed by atoms with van der Waals surface area (Å²) >= 11 is 0. The van der Waals surface area contributed by atoms with Crippen LogP contribution in [0.2, 0.25) is 0 Å². The molecule has 1 aliphatic carbocycles. The molecule has 0 bridgehead atoms. The second-order valence-corrected chi connectivity index (χ2v) is 8.16. The van der Waals surface area contributed by atoms with Gasteiger partial charge in [-0.3, -0.25) is 9.69 Å². The molecule has 5 nitrogen and oxygen atoms in total. The average Bonchev–Trinajstić information content (AvgIpc) is 2.97. The van der Waals surface area contributed by atoms with Crippen LogP contribution in [-0.2, 0) is 24.2 Å². The number of rotatable bonds is 5. The first-order valence-electron chi connectivity index (χ1n) is 9.37. The molecule has 1 aromatic heterocycles. The molecule has 0 atom stereocenters. The van der Waals surface area contributed by atoms with Crippen LogP contribution < -0.4 is 10.9 Å². The lowest BCUT2D eigenvalue weighted by atomic mass is 10.0. The van der Waals surface area contributed by atoms with Crippen LogP contribution in [0.1, 0.15) is 50.8 Å². The highest BCUT2D eigenvalue weighted by Gasteiger charge is 2.19. The second-order valence-electron chi connectivity index (χ2n) is 8.16. The first-order valence-corrected chi connectivity index (χ1v) is 9.37. The quantitative estimate of drug-likeness (QED) is 0.837. The molecule has 5 heteroatoms. The first-order chi connectivity index (χ1) is 12.2. The molecular weight excluding hydrogens is 328 g/mol. The fourth-order valence-corrected chi connectivity index (χ4v) is 3.61. The molecule has 140 valence electrons. The van der Waals surface area contributed by atoms with E-state index >= 15 is 0 Å². The highest BCUT2D eigenvalue weighted by molar-refractivity contribution is 5.82. The number of carbonyl (C=O) groups is 1. The van der Waals surface area contributed by atoms with E-state index in [0.29, 0.717) is 18.7 Å². The number of likely N-dealkylation sites (N-methyl/N-ethyl adjacent to an activating group) is 1. The summed E-state index contributed by atoms with van der Waals surface area (Å²) in [5.41, 5.74) is 3.63. The van der Waals surface area contributed by atoms with Gasteiger partial charge < -0.3 is 9.73 Å². The van der Waals surface area contributed by atoms with Crippen molar-refractivity contribution >= 4 is 16.9 Å². The van der Waals surface area contributed by atoms with Crippen molar-refractivity contribution in [1.82, 2.24) is 10.2 Å². The van der Waals surface area contributed by atoms with Crippen molar-refractivity contribution in [3.63, 3.8) is 0 Å². The van der Waals surface area contributed by atoms with Crippen LogP contribution in [0.3, 0.4) is 0 Å². The number of hydrogen-bond acceptors (Lipinski definition) is 4. The second kappa shape index (κ2) is 7.23. The third kappa shape index (κ3) is 4.33. The van der Waals surface area contributed by atoms with E-state index < -0.39 is 0 Å². The maximum absolute atomic E-state index is 12.3. The Morgan fingerprint density at radius 2 is 1.88 bits per heavy atom. The highest BCUT2D eigenvalue weighted by Crippen LogP contribution is 2.29. The van der Waals surface area contributed by atoms with Gasteiger partial charge in [0.2, 0.25) is 5.91 Å². The van der Waals surface area contributed by atoms with Gasteiger partial charge in [0.25, 0.3) is 0 Å². The van der Waals surface area contributed by atoms with Crippen LogP contribution in [0.5, 0.6) is 0 Å². The molecule has 1 aromatic carbocycles.